The van der Waals surface area contributed by atoms with E-state index >= 15 is 0 Å². The maximum atomic E-state index is 11.8. The second kappa shape index (κ2) is 5.84. The SMILES string of the molecule is CCc1nnc(NC(=O)C=Cc2nc3ccccc3o2)s1. The molecule has 1 aromatic carbocycles. The number of benzene rings is 1. The molecule has 2 heterocycles. The molecule has 7 heteroatoms. The molecule has 3 aromatic rings. The van der Waals surface area contributed by atoms with Gasteiger partial charge in [0.05, 0.1) is 0 Å². The third-order valence-corrected chi connectivity index (χ3v) is 3.67. The second-order valence-electron chi connectivity index (χ2n) is 4.20. The highest BCUT2D eigenvalue weighted by Crippen LogP contribution is 2.17. The summed E-state index contributed by atoms with van der Waals surface area (Å²) in [6, 6.07) is 7.43. The molecule has 6 nitrogen and oxygen atoms in total. The summed E-state index contributed by atoms with van der Waals surface area (Å²) in [5.41, 5.74) is 1.45. The lowest BCUT2D eigenvalue weighted by Gasteiger charge is -1.93. The number of carbonyl (C=O) groups excluding carboxylic acids is 1. The Balaban J connectivity index is 1.68. The summed E-state index contributed by atoms with van der Waals surface area (Å²) in [5.74, 6) is 0.0916. The van der Waals surface area contributed by atoms with Gasteiger partial charge in [0, 0.05) is 12.2 Å². The lowest BCUT2D eigenvalue weighted by Crippen LogP contribution is -2.07. The van der Waals surface area contributed by atoms with Gasteiger partial charge in [0.15, 0.2) is 5.58 Å². The number of amides is 1. The van der Waals surface area contributed by atoms with Crippen LogP contribution in [0.25, 0.3) is 17.2 Å². The van der Waals surface area contributed by atoms with Crippen molar-refractivity contribution in [2.24, 2.45) is 0 Å². The van der Waals surface area contributed by atoms with Crippen molar-refractivity contribution >= 4 is 39.6 Å². The number of rotatable bonds is 4. The fourth-order valence-electron chi connectivity index (χ4n) is 1.70. The molecule has 0 unspecified atom stereocenters. The van der Waals surface area contributed by atoms with Crippen molar-refractivity contribution in [3.63, 3.8) is 0 Å². The average molecular weight is 300 g/mol. The molecule has 0 saturated carbocycles. The van der Waals surface area contributed by atoms with Crippen molar-refractivity contribution < 1.29 is 9.21 Å². The van der Waals surface area contributed by atoms with E-state index in [-0.39, 0.29) is 5.91 Å². The number of oxazole rings is 1. The molecule has 0 aliphatic carbocycles. The largest absolute Gasteiger partial charge is 0.437 e. The molecule has 0 radical (unpaired) electrons. The maximum Gasteiger partial charge on any atom is 0.250 e. The Bertz CT molecular complexity index is 773. The molecule has 0 aliphatic heterocycles. The summed E-state index contributed by atoms with van der Waals surface area (Å²) in [6.45, 7) is 1.99. The van der Waals surface area contributed by atoms with E-state index in [1.54, 1.807) is 0 Å². The summed E-state index contributed by atoms with van der Waals surface area (Å²) in [6.07, 6.45) is 3.68. The van der Waals surface area contributed by atoms with E-state index in [0.29, 0.717) is 16.6 Å². The molecule has 0 atom stereocenters. The quantitative estimate of drug-likeness (QED) is 0.749. The van der Waals surface area contributed by atoms with Crippen molar-refractivity contribution in [2.45, 2.75) is 13.3 Å². The summed E-state index contributed by atoms with van der Waals surface area (Å²) < 4.78 is 5.49. The lowest BCUT2D eigenvalue weighted by atomic mass is 10.3. The summed E-state index contributed by atoms with van der Waals surface area (Å²) in [4.78, 5) is 16.0. The Hall–Kier alpha value is -2.54. The standard InChI is InChI=1S/C14H12N4O2S/c1-2-13-17-18-14(21-13)16-11(19)7-8-12-15-9-5-3-4-6-10(9)20-12/h3-8H,2H2,1H3,(H,16,18,19). The van der Waals surface area contributed by atoms with Gasteiger partial charge >= 0.3 is 0 Å². The molecule has 21 heavy (non-hydrogen) atoms. The Kier molecular flexibility index (Phi) is 3.74. The second-order valence-corrected chi connectivity index (χ2v) is 5.26. The van der Waals surface area contributed by atoms with E-state index in [0.717, 1.165) is 16.9 Å². The summed E-state index contributed by atoms with van der Waals surface area (Å²) in [5, 5.41) is 11.8. The van der Waals surface area contributed by atoms with Gasteiger partial charge in [-0.3, -0.25) is 10.1 Å². The van der Waals surface area contributed by atoms with Crippen LogP contribution in [0.15, 0.2) is 34.8 Å². The van der Waals surface area contributed by atoms with E-state index in [9.17, 15) is 4.79 Å². The van der Waals surface area contributed by atoms with Crippen LogP contribution in [0.5, 0.6) is 0 Å². The Morgan fingerprint density at radius 2 is 2.24 bits per heavy atom. The minimum absolute atomic E-state index is 0.295. The number of anilines is 1. The molecule has 2 aromatic heterocycles. The highest BCUT2D eigenvalue weighted by atomic mass is 32.1. The topological polar surface area (TPSA) is 80.9 Å². The minimum atomic E-state index is -0.295. The molecule has 0 saturated heterocycles. The minimum Gasteiger partial charge on any atom is -0.437 e. The predicted molar refractivity (Wildman–Crippen MR) is 81.0 cm³/mol. The third-order valence-electron chi connectivity index (χ3n) is 2.69. The first kappa shape index (κ1) is 13.4. The van der Waals surface area contributed by atoms with Crippen LogP contribution in [-0.2, 0) is 11.2 Å². The van der Waals surface area contributed by atoms with E-state index in [1.807, 2.05) is 31.2 Å². The van der Waals surface area contributed by atoms with E-state index in [4.69, 9.17) is 4.42 Å². The van der Waals surface area contributed by atoms with E-state index in [1.165, 1.54) is 23.5 Å². The first-order valence-electron chi connectivity index (χ1n) is 6.41. The van der Waals surface area contributed by atoms with Gasteiger partial charge < -0.3 is 4.42 Å². The van der Waals surface area contributed by atoms with Crippen LogP contribution in [-0.4, -0.2) is 21.1 Å². The first-order valence-corrected chi connectivity index (χ1v) is 7.23. The van der Waals surface area contributed by atoms with Gasteiger partial charge in [-0.25, -0.2) is 4.98 Å². The zero-order valence-corrected chi connectivity index (χ0v) is 12.1. The van der Waals surface area contributed by atoms with Gasteiger partial charge in [-0.05, 0) is 18.6 Å². The summed E-state index contributed by atoms with van der Waals surface area (Å²) >= 11 is 1.36. The van der Waals surface area contributed by atoms with Crippen LogP contribution in [0.3, 0.4) is 0 Å². The fourth-order valence-corrected chi connectivity index (χ4v) is 2.38. The molecule has 0 bridgehead atoms. The van der Waals surface area contributed by atoms with Gasteiger partial charge in [-0.1, -0.05) is 30.4 Å². The maximum absolute atomic E-state index is 11.8. The zero-order valence-electron chi connectivity index (χ0n) is 11.2. The van der Waals surface area contributed by atoms with Gasteiger partial charge in [0.1, 0.15) is 10.5 Å². The molecule has 0 fully saturated rings. The van der Waals surface area contributed by atoms with Crippen LogP contribution >= 0.6 is 11.3 Å². The number of carbonyl (C=O) groups is 1. The van der Waals surface area contributed by atoms with Crippen LogP contribution in [0, 0.1) is 0 Å². The normalized spacial score (nSPS) is 11.3. The molecule has 1 N–H and O–H groups in total. The van der Waals surface area contributed by atoms with Crippen molar-refractivity contribution in [1.82, 2.24) is 15.2 Å². The van der Waals surface area contributed by atoms with Gasteiger partial charge in [-0.15, -0.1) is 10.2 Å². The monoisotopic (exact) mass is 300 g/mol. The number of nitrogens with one attached hydrogen (secondary N) is 1. The number of para-hydroxylation sites is 2. The molecule has 106 valence electrons. The highest BCUT2D eigenvalue weighted by Gasteiger charge is 2.06. The molecule has 1 amide bonds. The number of fused-ring (bicyclic) bond motifs is 1. The molecule has 3 rings (SSSR count). The number of hydrogen-bond acceptors (Lipinski definition) is 6. The van der Waals surface area contributed by atoms with Crippen LogP contribution < -0.4 is 5.32 Å². The fraction of sp³-hybridized carbons (Fsp3) is 0.143. The van der Waals surface area contributed by atoms with E-state index in [2.05, 4.69) is 20.5 Å². The number of nitrogens with zero attached hydrogens (tertiary/aromatic N) is 3. The number of hydrogen-bond donors (Lipinski definition) is 1. The first-order chi connectivity index (χ1) is 10.2. The Morgan fingerprint density at radius 1 is 1.38 bits per heavy atom. The molecule has 0 aliphatic rings. The third kappa shape index (κ3) is 3.14. The molecular formula is C14H12N4O2S. The lowest BCUT2D eigenvalue weighted by molar-refractivity contribution is -0.111. The highest BCUT2D eigenvalue weighted by molar-refractivity contribution is 7.15. The zero-order chi connectivity index (χ0) is 14.7. The van der Waals surface area contributed by atoms with Crippen LogP contribution in [0.2, 0.25) is 0 Å². The number of aromatic nitrogens is 3. The van der Waals surface area contributed by atoms with Gasteiger partial charge in [0.25, 0.3) is 0 Å². The van der Waals surface area contributed by atoms with Crippen molar-refractivity contribution in [3.05, 3.63) is 41.2 Å². The van der Waals surface area contributed by atoms with Crippen LogP contribution in [0.1, 0.15) is 17.8 Å². The van der Waals surface area contributed by atoms with E-state index < -0.39 is 0 Å². The van der Waals surface area contributed by atoms with Crippen molar-refractivity contribution in [1.29, 1.82) is 0 Å². The Labute approximate surface area is 124 Å². The molecule has 0 spiro atoms. The van der Waals surface area contributed by atoms with Crippen LogP contribution in [0.4, 0.5) is 5.13 Å². The van der Waals surface area contributed by atoms with Crippen molar-refractivity contribution in [3.8, 4) is 0 Å². The van der Waals surface area contributed by atoms with Gasteiger partial charge in [0.2, 0.25) is 16.9 Å². The Morgan fingerprint density at radius 3 is 3.00 bits per heavy atom. The number of aryl methyl sites for hydroxylation is 1. The van der Waals surface area contributed by atoms with Gasteiger partial charge in [-0.2, -0.15) is 0 Å². The molecular weight excluding hydrogens is 288 g/mol. The average Bonchev–Trinajstić information content (AvgIpc) is 3.10. The smallest absolute Gasteiger partial charge is 0.250 e. The van der Waals surface area contributed by atoms with Crippen molar-refractivity contribution in [2.75, 3.05) is 5.32 Å². The predicted octanol–water partition coefficient (Wildman–Crippen LogP) is 2.89. The summed E-state index contributed by atoms with van der Waals surface area (Å²) in [7, 11) is 0.